The highest BCUT2D eigenvalue weighted by Crippen LogP contribution is 2.14. The lowest BCUT2D eigenvalue weighted by Gasteiger charge is -2.00. The van der Waals surface area contributed by atoms with Crippen LogP contribution in [0, 0.1) is 0 Å². The van der Waals surface area contributed by atoms with Crippen LogP contribution in [-0.4, -0.2) is 24.7 Å². The van der Waals surface area contributed by atoms with Crippen molar-refractivity contribution >= 4 is 16.0 Å². The molecule has 0 aliphatic rings. The summed E-state index contributed by atoms with van der Waals surface area (Å²) in [6.45, 7) is -0.106. The predicted molar refractivity (Wildman–Crippen MR) is 56.2 cm³/mol. The number of carboxylic acids is 1. The van der Waals surface area contributed by atoms with Crippen molar-refractivity contribution in [3.8, 4) is 0 Å². The summed E-state index contributed by atoms with van der Waals surface area (Å²) in [6, 6.07) is 3.62. The Hall–Kier alpha value is -2.13. The van der Waals surface area contributed by atoms with Gasteiger partial charge in [-0.1, -0.05) is 5.16 Å². The van der Waals surface area contributed by atoms with E-state index in [2.05, 4.69) is 14.3 Å². The fraction of sp³-hybridized carbons (Fsp3) is 0.111. The first-order valence-corrected chi connectivity index (χ1v) is 6.20. The molecule has 0 atom stereocenters. The predicted octanol–water partition coefficient (Wildman–Crippen LogP) is 0.444. The Morgan fingerprint density at radius 2 is 2.17 bits per heavy atom. The van der Waals surface area contributed by atoms with Gasteiger partial charge in [0.2, 0.25) is 10.9 Å². The largest absolute Gasteiger partial charge is 0.475 e. The highest BCUT2D eigenvalue weighted by atomic mass is 32.2. The fourth-order valence-corrected chi connectivity index (χ4v) is 2.07. The van der Waals surface area contributed by atoms with Gasteiger partial charge in [-0.2, -0.15) is 0 Å². The number of hydrogen-bond acceptors (Lipinski definition) is 6. The molecule has 0 aromatic carbocycles. The molecule has 96 valence electrons. The zero-order valence-corrected chi connectivity index (χ0v) is 9.68. The van der Waals surface area contributed by atoms with Gasteiger partial charge in [-0.3, -0.25) is 0 Å². The third-order valence-corrected chi connectivity index (χ3v) is 3.26. The average molecular weight is 272 g/mol. The molecule has 2 N–H and O–H groups in total. The summed E-state index contributed by atoms with van der Waals surface area (Å²) in [5.41, 5.74) is 0. The normalized spacial score (nSPS) is 11.6. The van der Waals surface area contributed by atoms with E-state index >= 15 is 0 Å². The molecular formula is C9H8N2O6S. The van der Waals surface area contributed by atoms with Crippen LogP contribution in [0.3, 0.4) is 0 Å². The molecule has 0 spiro atoms. The molecule has 9 heteroatoms. The number of aromatic nitrogens is 1. The summed E-state index contributed by atoms with van der Waals surface area (Å²) in [7, 11) is -3.92. The van der Waals surface area contributed by atoms with E-state index in [0.717, 1.165) is 12.1 Å². The summed E-state index contributed by atoms with van der Waals surface area (Å²) in [4.78, 5) is 10.6. The number of furan rings is 1. The number of aromatic carboxylic acids is 1. The lowest BCUT2D eigenvalue weighted by atomic mass is 10.5. The van der Waals surface area contributed by atoms with E-state index in [9.17, 15) is 13.2 Å². The molecule has 18 heavy (non-hydrogen) atoms. The quantitative estimate of drug-likeness (QED) is 0.809. The SMILES string of the molecule is O=C(O)c1ccc(S(=O)(=O)NCc2ccno2)o1. The first-order valence-electron chi connectivity index (χ1n) is 4.71. The molecule has 0 radical (unpaired) electrons. The molecular weight excluding hydrogens is 264 g/mol. The summed E-state index contributed by atoms with van der Waals surface area (Å²) in [5.74, 6) is -1.47. The number of carboxylic acid groups (broad SMARTS) is 1. The van der Waals surface area contributed by atoms with Gasteiger partial charge in [0.15, 0.2) is 5.76 Å². The third-order valence-electron chi connectivity index (χ3n) is 1.98. The summed E-state index contributed by atoms with van der Waals surface area (Å²) in [6.07, 6.45) is 1.37. The van der Waals surface area contributed by atoms with E-state index in [1.807, 2.05) is 0 Å². The first-order chi connectivity index (χ1) is 8.49. The Bertz CT molecular complexity index is 642. The van der Waals surface area contributed by atoms with Crippen molar-refractivity contribution in [3.05, 3.63) is 35.9 Å². The molecule has 0 fully saturated rings. The zero-order chi connectivity index (χ0) is 13.2. The monoisotopic (exact) mass is 272 g/mol. The Kier molecular flexibility index (Phi) is 3.17. The van der Waals surface area contributed by atoms with Gasteiger partial charge >= 0.3 is 5.97 Å². The van der Waals surface area contributed by atoms with Crippen molar-refractivity contribution in [1.29, 1.82) is 0 Å². The maximum Gasteiger partial charge on any atom is 0.371 e. The minimum absolute atomic E-state index is 0.106. The second kappa shape index (κ2) is 4.63. The van der Waals surface area contributed by atoms with Crippen molar-refractivity contribution in [2.45, 2.75) is 11.6 Å². The van der Waals surface area contributed by atoms with E-state index in [0.29, 0.717) is 5.76 Å². The minimum atomic E-state index is -3.92. The van der Waals surface area contributed by atoms with Crippen LogP contribution in [0.2, 0.25) is 0 Å². The minimum Gasteiger partial charge on any atom is -0.475 e. The van der Waals surface area contributed by atoms with Gasteiger partial charge < -0.3 is 14.0 Å². The van der Waals surface area contributed by atoms with E-state index in [4.69, 9.17) is 9.63 Å². The van der Waals surface area contributed by atoms with Crippen LogP contribution in [0.4, 0.5) is 0 Å². The molecule has 0 saturated carbocycles. The number of nitrogens with one attached hydrogen (secondary N) is 1. The maximum atomic E-state index is 11.7. The van der Waals surface area contributed by atoms with E-state index in [1.165, 1.54) is 12.3 Å². The van der Waals surface area contributed by atoms with Gasteiger partial charge in [-0.05, 0) is 12.1 Å². The number of carbonyl (C=O) groups is 1. The molecule has 2 aromatic rings. The van der Waals surface area contributed by atoms with Gasteiger partial charge in [0.1, 0.15) is 0 Å². The average Bonchev–Trinajstić information content (AvgIpc) is 2.98. The topological polar surface area (TPSA) is 123 Å². The van der Waals surface area contributed by atoms with E-state index in [1.54, 1.807) is 0 Å². The van der Waals surface area contributed by atoms with Gasteiger partial charge in [-0.15, -0.1) is 0 Å². The van der Waals surface area contributed by atoms with Crippen molar-refractivity contribution in [1.82, 2.24) is 9.88 Å². The van der Waals surface area contributed by atoms with E-state index < -0.39 is 26.8 Å². The standard InChI is InChI=1S/C9H8N2O6S/c12-9(13)7-1-2-8(16-7)18(14,15)11-5-6-3-4-10-17-6/h1-4,11H,5H2,(H,12,13). The summed E-state index contributed by atoms with van der Waals surface area (Å²) in [5, 5.41) is 11.6. The number of rotatable bonds is 5. The molecule has 0 bridgehead atoms. The lowest BCUT2D eigenvalue weighted by Crippen LogP contribution is -2.22. The number of sulfonamides is 1. The number of nitrogens with zero attached hydrogens (tertiary/aromatic N) is 1. The second-order valence-corrected chi connectivity index (χ2v) is 4.93. The second-order valence-electron chi connectivity index (χ2n) is 3.23. The Labute approximate surface area is 101 Å². The Balaban J connectivity index is 2.12. The molecule has 0 unspecified atom stereocenters. The van der Waals surface area contributed by atoms with E-state index in [-0.39, 0.29) is 6.54 Å². The number of hydrogen-bond donors (Lipinski definition) is 2. The highest BCUT2D eigenvalue weighted by Gasteiger charge is 2.21. The molecule has 2 heterocycles. The van der Waals surface area contributed by atoms with Crippen molar-refractivity contribution < 1.29 is 27.3 Å². The first kappa shape index (κ1) is 12.3. The van der Waals surface area contributed by atoms with Crippen LogP contribution in [0.15, 0.2) is 38.4 Å². The molecule has 0 aliphatic heterocycles. The van der Waals surface area contributed by atoms with Gasteiger partial charge in [-0.25, -0.2) is 17.9 Å². The molecule has 8 nitrogen and oxygen atoms in total. The smallest absolute Gasteiger partial charge is 0.371 e. The zero-order valence-electron chi connectivity index (χ0n) is 8.86. The van der Waals surface area contributed by atoms with Crippen molar-refractivity contribution in [2.75, 3.05) is 0 Å². The van der Waals surface area contributed by atoms with Crippen molar-refractivity contribution in [3.63, 3.8) is 0 Å². The van der Waals surface area contributed by atoms with Crippen LogP contribution in [-0.2, 0) is 16.6 Å². The molecule has 2 rings (SSSR count). The van der Waals surface area contributed by atoms with Gasteiger partial charge in [0, 0.05) is 6.07 Å². The highest BCUT2D eigenvalue weighted by molar-refractivity contribution is 7.89. The van der Waals surface area contributed by atoms with Crippen LogP contribution in [0.1, 0.15) is 16.3 Å². The van der Waals surface area contributed by atoms with Gasteiger partial charge in [0.05, 0.1) is 12.7 Å². The molecule has 2 aromatic heterocycles. The van der Waals surface area contributed by atoms with Crippen LogP contribution in [0.25, 0.3) is 0 Å². The fourth-order valence-electron chi connectivity index (χ4n) is 1.15. The molecule has 0 aliphatic carbocycles. The maximum absolute atomic E-state index is 11.7. The van der Waals surface area contributed by atoms with Crippen molar-refractivity contribution in [2.24, 2.45) is 0 Å². The van der Waals surface area contributed by atoms with Crippen LogP contribution in [0.5, 0.6) is 0 Å². The van der Waals surface area contributed by atoms with Crippen LogP contribution < -0.4 is 4.72 Å². The molecule has 0 saturated heterocycles. The van der Waals surface area contributed by atoms with Crippen LogP contribution >= 0.6 is 0 Å². The molecule has 0 amide bonds. The Morgan fingerprint density at radius 1 is 1.39 bits per heavy atom. The summed E-state index contributed by atoms with van der Waals surface area (Å²) < 4.78 is 35.0. The van der Waals surface area contributed by atoms with Gasteiger partial charge in [0.25, 0.3) is 10.0 Å². The lowest BCUT2D eigenvalue weighted by molar-refractivity contribution is 0.0656. The third kappa shape index (κ3) is 2.57. The Morgan fingerprint density at radius 3 is 2.72 bits per heavy atom. The summed E-state index contributed by atoms with van der Waals surface area (Å²) >= 11 is 0.